The quantitative estimate of drug-likeness (QED) is 0.687. The van der Waals surface area contributed by atoms with Crippen LogP contribution >= 0.6 is 0 Å². The number of allylic oxidation sites excluding steroid dienone is 1. The van der Waals surface area contributed by atoms with Crippen LogP contribution in [0.25, 0.3) is 6.08 Å². The summed E-state index contributed by atoms with van der Waals surface area (Å²) in [6, 6.07) is 18.7. The van der Waals surface area contributed by atoms with Crippen molar-refractivity contribution < 1.29 is 9.53 Å². The van der Waals surface area contributed by atoms with E-state index >= 15 is 0 Å². The molecule has 2 N–H and O–H groups in total. The van der Waals surface area contributed by atoms with Gasteiger partial charge in [-0.1, -0.05) is 54.6 Å². The van der Waals surface area contributed by atoms with E-state index in [1.165, 1.54) is 11.1 Å². The lowest BCUT2D eigenvalue weighted by Crippen LogP contribution is -2.30. The number of rotatable bonds is 5. The fourth-order valence-corrected chi connectivity index (χ4v) is 4.11. The number of hydrogen-bond acceptors (Lipinski definition) is 3. The number of benzene rings is 2. The highest BCUT2D eigenvalue weighted by atomic mass is 16.5. The molecule has 0 aliphatic heterocycles. The van der Waals surface area contributed by atoms with Crippen LogP contribution in [0.3, 0.4) is 0 Å². The monoisotopic (exact) mass is 385 g/mol. The molecule has 5 nitrogen and oxygen atoms in total. The van der Waals surface area contributed by atoms with Gasteiger partial charge in [-0.25, -0.2) is 0 Å². The number of ether oxygens (including phenoxy) is 1. The second-order valence-electron chi connectivity index (χ2n) is 7.80. The number of fused-ring (bicyclic) bond motifs is 1. The first-order chi connectivity index (χ1) is 14.2. The summed E-state index contributed by atoms with van der Waals surface area (Å²) in [6.07, 6.45) is 7.00. The molecule has 3 aromatic rings. The molecular weight excluding hydrogens is 362 g/mol. The van der Waals surface area contributed by atoms with Crippen LogP contribution < -0.4 is 10.1 Å². The number of carbonyl (C=O) groups is 1. The lowest BCUT2D eigenvalue weighted by atomic mass is 9.68. The molecule has 0 spiro atoms. The zero-order valence-corrected chi connectivity index (χ0v) is 16.3. The van der Waals surface area contributed by atoms with E-state index < -0.39 is 0 Å². The third-order valence-electron chi connectivity index (χ3n) is 5.96. The van der Waals surface area contributed by atoms with Gasteiger partial charge in [0.25, 0.3) is 0 Å². The van der Waals surface area contributed by atoms with E-state index in [1.54, 1.807) is 7.11 Å². The maximum Gasteiger partial charge on any atom is 0.228 e. The van der Waals surface area contributed by atoms with Crippen LogP contribution in [0.15, 0.2) is 60.7 Å². The average molecular weight is 385 g/mol. The Morgan fingerprint density at radius 1 is 1.10 bits per heavy atom. The number of aromatic nitrogens is 2. The molecule has 2 aliphatic carbocycles. The lowest BCUT2D eigenvalue weighted by molar-refractivity contribution is -0.117. The van der Waals surface area contributed by atoms with E-state index in [1.807, 2.05) is 18.2 Å². The minimum Gasteiger partial charge on any atom is -0.497 e. The Hall–Kier alpha value is -3.34. The Kier molecular flexibility index (Phi) is 4.23. The topological polar surface area (TPSA) is 67.0 Å². The van der Waals surface area contributed by atoms with Crippen LogP contribution in [0.1, 0.15) is 35.2 Å². The van der Waals surface area contributed by atoms with E-state index in [2.05, 4.69) is 64.1 Å². The highest BCUT2D eigenvalue weighted by Crippen LogP contribution is 2.43. The molecule has 1 atom stereocenters. The first kappa shape index (κ1) is 17.7. The summed E-state index contributed by atoms with van der Waals surface area (Å²) in [5.74, 6) is 1.69. The van der Waals surface area contributed by atoms with Gasteiger partial charge in [-0.05, 0) is 36.1 Å². The van der Waals surface area contributed by atoms with E-state index in [0.29, 0.717) is 5.82 Å². The largest absolute Gasteiger partial charge is 0.497 e. The zero-order valence-electron chi connectivity index (χ0n) is 16.3. The van der Waals surface area contributed by atoms with Gasteiger partial charge in [0, 0.05) is 29.0 Å². The lowest BCUT2D eigenvalue weighted by Gasteiger charge is -2.34. The Morgan fingerprint density at radius 2 is 1.83 bits per heavy atom. The normalized spacial score (nSPS) is 20.2. The van der Waals surface area contributed by atoms with Crippen LogP contribution in [0.2, 0.25) is 0 Å². The van der Waals surface area contributed by atoms with Gasteiger partial charge < -0.3 is 10.1 Å². The summed E-state index contributed by atoms with van der Waals surface area (Å²) in [5, 5.41) is 10.6. The molecular formula is C24H23N3O2. The summed E-state index contributed by atoms with van der Waals surface area (Å²) in [4.78, 5) is 12.2. The van der Waals surface area contributed by atoms with Gasteiger partial charge >= 0.3 is 0 Å². The molecule has 1 heterocycles. The van der Waals surface area contributed by atoms with Crippen LogP contribution in [0.4, 0.5) is 5.82 Å². The molecule has 2 aromatic carbocycles. The number of aromatic amines is 1. The Balaban J connectivity index is 1.55. The van der Waals surface area contributed by atoms with Crippen molar-refractivity contribution in [2.45, 2.75) is 24.7 Å². The number of nitrogens with zero attached hydrogens (tertiary/aromatic N) is 1. The maximum atomic E-state index is 12.2. The molecule has 5 rings (SSSR count). The predicted octanol–water partition coefficient (Wildman–Crippen LogP) is 4.32. The summed E-state index contributed by atoms with van der Waals surface area (Å²) in [7, 11) is 1.68. The number of H-pyrrole nitrogens is 1. The van der Waals surface area contributed by atoms with Gasteiger partial charge in [-0.15, -0.1) is 0 Å². The Morgan fingerprint density at radius 3 is 2.52 bits per heavy atom. The van der Waals surface area contributed by atoms with Crippen LogP contribution in [-0.2, 0) is 16.6 Å². The zero-order chi connectivity index (χ0) is 19.8. The summed E-state index contributed by atoms with van der Waals surface area (Å²) in [5.41, 5.74) is 4.08. The minimum atomic E-state index is -0.315. The molecule has 0 bridgehead atoms. The molecule has 2 aliphatic rings. The smallest absolute Gasteiger partial charge is 0.228 e. The van der Waals surface area contributed by atoms with Gasteiger partial charge in [-0.2, -0.15) is 5.10 Å². The number of amides is 1. The number of anilines is 1. The number of nitrogens with one attached hydrogen (secondary N) is 2. The van der Waals surface area contributed by atoms with Crippen molar-refractivity contribution in [1.82, 2.24) is 10.2 Å². The molecule has 29 heavy (non-hydrogen) atoms. The second-order valence-corrected chi connectivity index (χ2v) is 7.80. The van der Waals surface area contributed by atoms with E-state index in [0.717, 1.165) is 36.3 Å². The average Bonchev–Trinajstić information content (AvgIpc) is 3.56. The van der Waals surface area contributed by atoms with E-state index in [9.17, 15) is 4.79 Å². The SMILES string of the molecule is COc1ccc(C2(c3ccccc3)C=Cc3c(NC(=O)C4CC4)n[nH]c3C2)cc1. The molecule has 1 fully saturated rings. The standard InChI is InChI=1S/C24H23N3O2/c1-29-19-11-9-18(10-12-19)24(17-5-3-2-4-6-17)14-13-20-21(15-24)26-27-22(20)25-23(28)16-7-8-16/h2-6,9-14,16H,7-8,15H2,1H3,(H2,25,26,27,28). The second kappa shape index (κ2) is 6.92. The molecule has 1 aromatic heterocycles. The van der Waals surface area contributed by atoms with Crippen LogP contribution in [-0.4, -0.2) is 23.2 Å². The third kappa shape index (κ3) is 3.12. The first-order valence-electron chi connectivity index (χ1n) is 9.97. The Bertz CT molecular complexity index is 1070. The van der Waals surface area contributed by atoms with Crippen molar-refractivity contribution in [2.75, 3.05) is 12.4 Å². The first-order valence-corrected chi connectivity index (χ1v) is 9.97. The predicted molar refractivity (Wildman–Crippen MR) is 113 cm³/mol. The van der Waals surface area contributed by atoms with Crippen molar-refractivity contribution in [1.29, 1.82) is 0 Å². The van der Waals surface area contributed by atoms with Crippen LogP contribution in [0.5, 0.6) is 5.75 Å². The number of hydrogen-bond donors (Lipinski definition) is 2. The molecule has 1 saturated carbocycles. The molecule has 5 heteroatoms. The fourth-order valence-electron chi connectivity index (χ4n) is 4.11. The number of methoxy groups -OCH3 is 1. The van der Waals surface area contributed by atoms with Crippen molar-refractivity contribution in [2.24, 2.45) is 5.92 Å². The summed E-state index contributed by atoms with van der Waals surface area (Å²) in [6.45, 7) is 0. The molecule has 146 valence electrons. The highest BCUT2D eigenvalue weighted by Gasteiger charge is 2.37. The Labute approximate surface area is 169 Å². The number of carbonyl (C=O) groups excluding carboxylic acids is 1. The van der Waals surface area contributed by atoms with Gasteiger partial charge in [0.2, 0.25) is 5.91 Å². The van der Waals surface area contributed by atoms with Gasteiger partial charge in [-0.3, -0.25) is 9.89 Å². The molecule has 1 amide bonds. The van der Waals surface area contributed by atoms with Gasteiger partial charge in [0.1, 0.15) is 5.75 Å². The van der Waals surface area contributed by atoms with Crippen molar-refractivity contribution in [3.05, 3.63) is 83.1 Å². The molecule has 1 unspecified atom stereocenters. The fraction of sp³-hybridized carbons (Fsp3) is 0.250. The van der Waals surface area contributed by atoms with Crippen molar-refractivity contribution in [3.8, 4) is 5.75 Å². The molecule has 0 radical (unpaired) electrons. The van der Waals surface area contributed by atoms with Crippen LogP contribution in [0, 0.1) is 5.92 Å². The highest BCUT2D eigenvalue weighted by molar-refractivity contribution is 5.95. The van der Waals surface area contributed by atoms with Gasteiger partial charge in [0.05, 0.1) is 7.11 Å². The van der Waals surface area contributed by atoms with E-state index in [4.69, 9.17) is 4.74 Å². The van der Waals surface area contributed by atoms with Gasteiger partial charge in [0.15, 0.2) is 5.82 Å². The minimum absolute atomic E-state index is 0.0720. The maximum absolute atomic E-state index is 12.2. The molecule has 0 saturated heterocycles. The van der Waals surface area contributed by atoms with Crippen molar-refractivity contribution >= 4 is 17.8 Å². The third-order valence-corrected chi connectivity index (χ3v) is 5.96. The summed E-state index contributed by atoms with van der Waals surface area (Å²) < 4.78 is 5.34. The van der Waals surface area contributed by atoms with E-state index in [-0.39, 0.29) is 17.2 Å². The van der Waals surface area contributed by atoms with Crippen molar-refractivity contribution in [3.63, 3.8) is 0 Å². The summed E-state index contributed by atoms with van der Waals surface area (Å²) >= 11 is 0.